The molecule has 0 aromatic heterocycles. The molecule has 3 rings (SSSR count). The van der Waals surface area contributed by atoms with E-state index in [4.69, 9.17) is 0 Å². The summed E-state index contributed by atoms with van der Waals surface area (Å²) in [5, 5.41) is 0. The zero-order valence-corrected chi connectivity index (χ0v) is 13.8. The van der Waals surface area contributed by atoms with Gasteiger partial charge in [-0.2, -0.15) is 0 Å². The quantitative estimate of drug-likeness (QED) is 0.807. The summed E-state index contributed by atoms with van der Waals surface area (Å²) < 4.78 is 12.9. The number of aryl methyl sites for hydroxylation is 1. The monoisotopic (exact) mass is 324 g/mol. The van der Waals surface area contributed by atoms with Crippen molar-refractivity contribution in [1.82, 2.24) is 4.90 Å². The van der Waals surface area contributed by atoms with E-state index in [1.807, 2.05) is 4.90 Å². The van der Waals surface area contributed by atoms with Crippen LogP contribution in [0.25, 0.3) is 6.08 Å². The Morgan fingerprint density at radius 2 is 1.75 bits per heavy atom. The molecule has 3 nitrogen and oxygen atoms in total. The van der Waals surface area contributed by atoms with Crippen molar-refractivity contribution >= 4 is 17.7 Å². The number of piperazine rings is 1. The molecule has 124 valence electrons. The number of nitrogens with zero attached hydrogens (tertiary/aromatic N) is 2. The SMILES string of the molecule is Cc1cccc(N2CCN(C(=O)/C=C/c3ccc(F)cc3)CC2)c1. The first-order chi connectivity index (χ1) is 11.6. The lowest BCUT2D eigenvalue weighted by Crippen LogP contribution is -2.48. The van der Waals surface area contributed by atoms with Gasteiger partial charge in [0.05, 0.1) is 0 Å². The van der Waals surface area contributed by atoms with Gasteiger partial charge in [0.2, 0.25) is 5.91 Å². The molecule has 4 heteroatoms. The lowest BCUT2D eigenvalue weighted by Gasteiger charge is -2.35. The van der Waals surface area contributed by atoms with E-state index in [9.17, 15) is 9.18 Å². The fourth-order valence-electron chi connectivity index (χ4n) is 2.86. The number of hydrogen-bond donors (Lipinski definition) is 0. The van der Waals surface area contributed by atoms with Crippen LogP contribution in [0.3, 0.4) is 0 Å². The summed E-state index contributed by atoms with van der Waals surface area (Å²) in [6, 6.07) is 14.5. The van der Waals surface area contributed by atoms with Crippen molar-refractivity contribution in [3.05, 3.63) is 71.6 Å². The predicted molar refractivity (Wildman–Crippen MR) is 95.4 cm³/mol. The highest BCUT2D eigenvalue weighted by atomic mass is 19.1. The smallest absolute Gasteiger partial charge is 0.246 e. The van der Waals surface area contributed by atoms with Crippen LogP contribution in [0.5, 0.6) is 0 Å². The van der Waals surface area contributed by atoms with Gasteiger partial charge in [-0.1, -0.05) is 24.3 Å². The van der Waals surface area contributed by atoms with E-state index in [0.29, 0.717) is 13.1 Å². The molecular formula is C20H21FN2O. The van der Waals surface area contributed by atoms with Crippen molar-refractivity contribution in [2.75, 3.05) is 31.1 Å². The van der Waals surface area contributed by atoms with Crippen LogP contribution in [0.1, 0.15) is 11.1 Å². The molecule has 24 heavy (non-hydrogen) atoms. The van der Waals surface area contributed by atoms with E-state index in [1.165, 1.54) is 23.4 Å². The van der Waals surface area contributed by atoms with Gasteiger partial charge in [0, 0.05) is 37.9 Å². The van der Waals surface area contributed by atoms with E-state index in [2.05, 4.69) is 36.1 Å². The molecule has 0 N–H and O–H groups in total. The van der Waals surface area contributed by atoms with Crippen molar-refractivity contribution in [3.8, 4) is 0 Å². The first kappa shape index (κ1) is 16.2. The minimum absolute atomic E-state index is 0.00298. The van der Waals surface area contributed by atoms with Gasteiger partial charge in [-0.05, 0) is 48.4 Å². The van der Waals surface area contributed by atoms with Crippen LogP contribution in [0.15, 0.2) is 54.6 Å². The molecule has 1 aliphatic rings. The van der Waals surface area contributed by atoms with Crippen molar-refractivity contribution in [2.24, 2.45) is 0 Å². The Morgan fingerprint density at radius 3 is 2.42 bits per heavy atom. The Hall–Kier alpha value is -2.62. The van der Waals surface area contributed by atoms with Gasteiger partial charge in [-0.3, -0.25) is 4.79 Å². The molecule has 0 unspecified atom stereocenters. The van der Waals surface area contributed by atoms with Crippen molar-refractivity contribution in [1.29, 1.82) is 0 Å². The lowest BCUT2D eigenvalue weighted by molar-refractivity contribution is -0.126. The minimum atomic E-state index is -0.272. The molecular weight excluding hydrogens is 303 g/mol. The molecule has 1 fully saturated rings. The maximum absolute atomic E-state index is 12.9. The van der Waals surface area contributed by atoms with Gasteiger partial charge < -0.3 is 9.80 Å². The summed E-state index contributed by atoms with van der Waals surface area (Å²) >= 11 is 0. The maximum Gasteiger partial charge on any atom is 0.246 e. The molecule has 0 atom stereocenters. The number of carbonyl (C=O) groups excluding carboxylic acids is 1. The highest BCUT2D eigenvalue weighted by Gasteiger charge is 2.19. The number of halogens is 1. The standard InChI is InChI=1S/C20H21FN2O/c1-16-3-2-4-19(15-16)22-11-13-23(14-12-22)20(24)10-7-17-5-8-18(21)9-6-17/h2-10,15H,11-14H2,1H3/b10-7+. The molecule has 0 aliphatic carbocycles. The third kappa shape index (κ3) is 4.02. The second kappa shape index (κ2) is 7.30. The summed E-state index contributed by atoms with van der Waals surface area (Å²) in [5.41, 5.74) is 3.28. The molecule has 0 bridgehead atoms. The number of carbonyl (C=O) groups is 1. The Morgan fingerprint density at radius 1 is 1.04 bits per heavy atom. The first-order valence-electron chi connectivity index (χ1n) is 8.16. The Labute approximate surface area is 142 Å². The fourth-order valence-corrected chi connectivity index (χ4v) is 2.86. The minimum Gasteiger partial charge on any atom is -0.368 e. The molecule has 2 aromatic rings. The second-order valence-corrected chi connectivity index (χ2v) is 6.04. The molecule has 2 aromatic carbocycles. The Balaban J connectivity index is 1.56. The molecule has 0 saturated carbocycles. The van der Waals surface area contributed by atoms with Crippen LogP contribution < -0.4 is 4.90 Å². The van der Waals surface area contributed by atoms with E-state index < -0.39 is 0 Å². The molecule has 1 amide bonds. The van der Waals surface area contributed by atoms with Gasteiger partial charge in [0.1, 0.15) is 5.82 Å². The third-order valence-electron chi connectivity index (χ3n) is 4.25. The molecule has 1 aliphatic heterocycles. The number of hydrogen-bond acceptors (Lipinski definition) is 2. The van der Waals surface area contributed by atoms with Gasteiger partial charge in [-0.15, -0.1) is 0 Å². The van der Waals surface area contributed by atoms with Crippen molar-refractivity contribution in [2.45, 2.75) is 6.92 Å². The van der Waals surface area contributed by atoms with Gasteiger partial charge in [0.15, 0.2) is 0 Å². The second-order valence-electron chi connectivity index (χ2n) is 6.04. The number of benzene rings is 2. The normalized spacial score (nSPS) is 15.1. The highest BCUT2D eigenvalue weighted by molar-refractivity contribution is 5.92. The van der Waals surface area contributed by atoms with Crippen LogP contribution in [0.2, 0.25) is 0 Å². The summed E-state index contributed by atoms with van der Waals surface area (Å²) in [7, 11) is 0. The van der Waals surface area contributed by atoms with Crippen LogP contribution in [0.4, 0.5) is 10.1 Å². The zero-order valence-electron chi connectivity index (χ0n) is 13.8. The van der Waals surface area contributed by atoms with Crippen molar-refractivity contribution < 1.29 is 9.18 Å². The van der Waals surface area contributed by atoms with Crippen LogP contribution >= 0.6 is 0 Å². The summed E-state index contributed by atoms with van der Waals surface area (Å²) in [4.78, 5) is 16.4. The number of amides is 1. The van der Waals surface area contributed by atoms with Gasteiger partial charge in [0.25, 0.3) is 0 Å². The van der Waals surface area contributed by atoms with Crippen LogP contribution in [-0.4, -0.2) is 37.0 Å². The summed E-state index contributed by atoms with van der Waals surface area (Å²) in [6.07, 6.45) is 3.30. The molecule has 0 radical (unpaired) electrons. The van der Waals surface area contributed by atoms with E-state index in [-0.39, 0.29) is 11.7 Å². The first-order valence-corrected chi connectivity index (χ1v) is 8.16. The van der Waals surface area contributed by atoms with Crippen molar-refractivity contribution in [3.63, 3.8) is 0 Å². The van der Waals surface area contributed by atoms with E-state index in [0.717, 1.165) is 18.7 Å². The molecule has 0 spiro atoms. The molecule has 1 heterocycles. The average Bonchev–Trinajstić information content (AvgIpc) is 2.61. The summed E-state index contributed by atoms with van der Waals surface area (Å²) in [6.45, 7) is 5.17. The predicted octanol–water partition coefficient (Wildman–Crippen LogP) is 3.50. The molecule has 1 saturated heterocycles. The highest BCUT2D eigenvalue weighted by Crippen LogP contribution is 2.18. The third-order valence-corrected chi connectivity index (χ3v) is 4.25. The Kier molecular flexibility index (Phi) is 4.94. The largest absolute Gasteiger partial charge is 0.368 e. The number of rotatable bonds is 3. The van der Waals surface area contributed by atoms with E-state index >= 15 is 0 Å². The lowest BCUT2D eigenvalue weighted by atomic mass is 10.2. The Bertz CT molecular complexity index is 732. The van der Waals surface area contributed by atoms with Gasteiger partial charge in [-0.25, -0.2) is 4.39 Å². The maximum atomic E-state index is 12.9. The summed E-state index contributed by atoms with van der Waals surface area (Å²) in [5.74, 6) is -0.269. The van der Waals surface area contributed by atoms with Crippen LogP contribution in [0, 0.1) is 12.7 Å². The topological polar surface area (TPSA) is 23.6 Å². The van der Waals surface area contributed by atoms with Crippen LogP contribution in [-0.2, 0) is 4.79 Å². The number of anilines is 1. The average molecular weight is 324 g/mol. The zero-order chi connectivity index (χ0) is 16.9. The fraction of sp³-hybridized carbons (Fsp3) is 0.250. The van der Waals surface area contributed by atoms with E-state index in [1.54, 1.807) is 24.3 Å². The van der Waals surface area contributed by atoms with Gasteiger partial charge >= 0.3 is 0 Å².